The van der Waals surface area contributed by atoms with Gasteiger partial charge in [0, 0.05) is 5.56 Å². The number of nitrogens with zero attached hydrogens (tertiary/aromatic N) is 2. The number of benzene rings is 1. The van der Waals surface area contributed by atoms with Crippen LogP contribution < -0.4 is 15.0 Å². The predicted molar refractivity (Wildman–Crippen MR) is 79.9 cm³/mol. The van der Waals surface area contributed by atoms with Crippen LogP contribution in [0.2, 0.25) is 0 Å². The van der Waals surface area contributed by atoms with E-state index in [9.17, 15) is 10.1 Å². The molecule has 0 saturated heterocycles. The van der Waals surface area contributed by atoms with Gasteiger partial charge in [0.15, 0.2) is 5.16 Å². The third-order valence-electron chi connectivity index (χ3n) is 2.86. The Labute approximate surface area is 125 Å². The van der Waals surface area contributed by atoms with Crippen molar-refractivity contribution < 1.29 is 9.47 Å². The third-order valence-corrected chi connectivity index (χ3v) is 3.44. The molecular weight excluding hydrogens is 290 g/mol. The van der Waals surface area contributed by atoms with Crippen LogP contribution in [0.4, 0.5) is 0 Å². The largest absolute Gasteiger partial charge is 0.497 e. The van der Waals surface area contributed by atoms with E-state index < -0.39 is 5.56 Å². The van der Waals surface area contributed by atoms with Crippen molar-refractivity contribution in [3.8, 4) is 28.8 Å². The summed E-state index contributed by atoms with van der Waals surface area (Å²) >= 11 is 1.29. The van der Waals surface area contributed by atoms with Crippen LogP contribution in [0.15, 0.2) is 28.2 Å². The van der Waals surface area contributed by atoms with Crippen LogP contribution in [0.3, 0.4) is 0 Å². The maximum atomic E-state index is 12.0. The van der Waals surface area contributed by atoms with Gasteiger partial charge in [-0.05, 0) is 24.5 Å². The lowest BCUT2D eigenvalue weighted by Gasteiger charge is -2.11. The fourth-order valence-corrected chi connectivity index (χ4v) is 2.22. The van der Waals surface area contributed by atoms with E-state index >= 15 is 0 Å². The number of H-pyrrole nitrogens is 1. The zero-order valence-electron chi connectivity index (χ0n) is 11.8. The number of nitriles is 1. The summed E-state index contributed by atoms with van der Waals surface area (Å²) in [5.41, 5.74) is 0.284. The Hall–Kier alpha value is -2.46. The summed E-state index contributed by atoms with van der Waals surface area (Å²) in [5.74, 6) is 1.10. The molecule has 0 spiro atoms. The first-order valence-electron chi connectivity index (χ1n) is 5.95. The molecule has 0 saturated carbocycles. The fourth-order valence-electron chi connectivity index (χ4n) is 1.85. The van der Waals surface area contributed by atoms with Gasteiger partial charge < -0.3 is 14.5 Å². The molecule has 1 heterocycles. The minimum Gasteiger partial charge on any atom is -0.497 e. The molecule has 0 fully saturated rings. The molecule has 1 aromatic carbocycles. The van der Waals surface area contributed by atoms with Crippen molar-refractivity contribution in [1.82, 2.24) is 9.97 Å². The van der Waals surface area contributed by atoms with Gasteiger partial charge in [0.1, 0.15) is 28.8 Å². The molecule has 0 radical (unpaired) electrons. The second-order valence-corrected chi connectivity index (χ2v) is 4.77. The summed E-state index contributed by atoms with van der Waals surface area (Å²) in [7, 11) is 3.05. The second-order valence-electron chi connectivity index (χ2n) is 3.98. The molecule has 7 heteroatoms. The zero-order valence-corrected chi connectivity index (χ0v) is 12.6. The molecule has 0 atom stereocenters. The van der Waals surface area contributed by atoms with Crippen molar-refractivity contribution in [3.05, 3.63) is 34.1 Å². The van der Waals surface area contributed by atoms with Crippen LogP contribution in [-0.2, 0) is 0 Å². The maximum Gasteiger partial charge on any atom is 0.270 e. The molecule has 0 amide bonds. The molecule has 0 aliphatic rings. The Morgan fingerprint density at radius 2 is 2.10 bits per heavy atom. The van der Waals surface area contributed by atoms with Crippen LogP contribution in [0.1, 0.15) is 5.56 Å². The Kier molecular flexibility index (Phi) is 4.50. The summed E-state index contributed by atoms with van der Waals surface area (Å²) in [4.78, 5) is 18.9. The molecule has 0 bridgehead atoms. The summed E-state index contributed by atoms with van der Waals surface area (Å²) in [6.45, 7) is 0. The zero-order chi connectivity index (χ0) is 15.4. The summed E-state index contributed by atoms with van der Waals surface area (Å²) in [6.07, 6.45) is 1.79. The van der Waals surface area contributed by atoms with Gasteiger partial charge in [-0.25, -0.2) is 4.98 Å². The van der Waals surface area contributed by atoms with Crippen LogP contribution in [0, 0.1) is 11.3 Å². The van der Waals surface area contributed by atoms with E-state index in [0.29, 0.717) is 22.2 Å². The average Bonchev–Trinajstić information content (AvgIpc) is 2.53. The van der Waals surface area contributed by atoms with Crippen molar-refractivity contribution in [2.24, 2.45) is 0 Å². The molecule has 0 aliphatic carbocycles. The van der Waals surface area contributed by atoms with Gasteiger partial charge >= 0.3 is 0 Å². The number of methoxy groups -OCH3 is 2. The Morgan fingerprint density at radius 3 is 2.67 bits per heavy atom. The maximum absolute atomic E-state index is 12.0. The minimum absolute atomic E-state index is 0.0562. The van der Waals surface area contributed by atoms with Crippen molar-refractivity contribution >= 4 is 11.8 Å². The smallest absolute Gasteiger partial charge is 0.270 e. The molecule has 2 rings (SSSR count). The molecule has 0 unspecified atom stereocenters. The van der Waals surface area contributed by atoms with Crippen LogP contribution in [0.5, 0.6) is 11.5 Å². The van der Waals surface area contributed by atoms with Crippen molar-refractivity contribution in [1.29, 1.82) is 5.26 Å². The van der Waals surface area contributed by atoms with Gasteiger partial charge in [-0.15, -0.1) is 0 Å². The van der Waals surface area contributed by atoms with E-state index in [2.05, 4.69) is 9.97 Å². The number of ether oxygens (including phenoxy) is 2. The first kappa shape index (κ1) is 14.9. The molecular formula is C14H13N3O3S. The van der Waals surface area contributed by atoms with Gasteiger partial charge in [-0.3, -0.25) is 4.79 Å². The SMILES string of the molecule is COc1ccc(OC)c(-c2nc(SC)[nH]c(=O)c2C#N)c1. The lowest BCUT2D eigenvalue weighted by atomic mass is 10.1. The van der Waals surface area contributed by atoms with E-state index in [-0.39, 0.29) is 11.3 Å². The molecule has 1 aromatic heterocycles. The van der Waals surface area contributed by atoms with Gasteiger partial charge in [0.2, 0.25) is 0 Å². The Morgan fingerprint density at radius 1 is 1.33 bits per heavy atom. The number of rotatable bonds is 4. The number of aromatic nitrogens is 2. The van der Waals surface area contributed by atoms with Gasteiger partial charge in [-0.2, -0.15) is 5.26 Å². The van der Waals surface area contributed by atoms with Crippen molar-refractivity contribution in [3.63, 3.8) is 0 Å². The second kappa shape index (κ2) is 6.33. The summed E-state index contributed by atoms with van der Waals surface area (Å²) < 4.78 is 10.5. The highest BCUT2D eigenvalue weighted by molar-refractivity contribution is 7.98. The third kappa shape index (κ3) is 2.85. The number of hydrogen-bond acceptors (Lipinski definition) is 6. The van der Waals surface area contributed by atoms with Gasteiger partial charge in [0.05, 0.1) is 14.2 Å². The van der Waals surface area contributed by atoms with E-state index in [1.54, 1.807) is 24.5 Å². The molecule has 1 N–H and O–H groups in total. The lowest BCUT2D eigenvalue weighted by molar-refractivity contribution is 0.404. The minimum atomic E-state index is -0.475. The summed E-state index contributed by atoms with van der Waals surface area (Å²) in [6, 6.07) is 7.02. The average molecular weight is 303 g/mol. The lowest BCUT2D eigenvalue weighted by Crippen LogP contribution is -2.14. The van der Waals surface area contributed by atoms with E-state index in [0.717, 1.165) is 0 Å². The number of hydrogen-bond donors (Lipinski definition) is 1. The Bertz CT molecular complexity index is 765. The highest BCUT2D eigenvalue weighted by Gasteiger charge is 2.17. The monoisotopic (exact) mass is 303 g/mol. The topological polar surface area (TPSA) is 88.0 Å². The number of thioether (sulfide) groups is 1. The fraction of sp³-hybridized carbons (Fsp3) is 0.214. The van der Waals surface area contributed by atoms with E-state index in [1.807, 2.05) is 6.07 Å². The standard InChI is InChI=1S/C14H13N3O3S/c1-19-8-4-5-11(20-2)9(6-8)12-10(7-15)13(18)17-14(16-12)21-3/h4-6H,1-3H3,(H,16,17,18). The predicted octanol–water partition coefficient (Wildman–Crippen LogP) is 2.05. The highest BCUT2D eigenvalue weighted by Crippen LogP contribution is 2.33. The Balaban J connectivity index is 2.79. The molecule has 0 aliphatic heterocycles. The van der Waals surface area contributed by atoms with Crippen LogP contribution in [0.25, 0.3) is 11.3 Å². The molecule has 6 nitrogen and oxygen atoms in total. The molecule has 21 heavy (non-hydrogen) atoms. The van der Waals surface area contributed by atoms with Crippen LogP contribution >= 0.6 is 11.8 Å². The number of aromatic amines is 1. The highest BCUT2D eigenvalue weighted by atomic mass is 32.2. The van der Waals surface area contributed by atoms with Crippen LogP contribution in [-0.4, -0.2) is 30.4 Å². The first-order chi connectivity index (χ1) is 10.1. The first-order valence-corrected chi connectivity index (χ1v) is 7.17. The molecule has 2 aromatic rings. The molecule has 108 valence electrons. The quantitative estimate of drug-likeness (QED) is 0.687. The van der Waals surface area contributed by atoms with Gasteiger partial charge in [0.25, 0.3) is 5.56 Å². The van der Waals surface area contributed by atoms with Gasteiger partial charge in [-0.1, -0.05) is 11.8 Å². The van der Waals surface area contributed by atoms with E-state index in [1.165, 1.54) is 26.0 Å². The number of nitrogens with one attached hydrogen (secondary N) is 1. The van der Waals surface area contributed by atoms with E-state index in [4.69, 9.17) is 9.47 Å². The van der Waals surface area contributed by atoms with Crippen molar-refractivity contribution in [2.75, 3.05) is 20.5 Å². The van der Waals surface area contributed by atoms with Crippen molar-refractivity contribution in [2.45, 2.75) is 5.16 Å². The summed E-state index contributed by atoms with van der Waals surface area (Å²) in [5, 5.41) is 9.65. The normalized spacial score (nSPS) is 10.0.